The van der Waals surface area contributed by atoms with Crippen molar-refractivity contribution in [1.29, 1.82) is 0 Å². The standard InChI is InChI=1S/C23H30BrNO3/c1-3-17(2)21-6-4-5-7-22(21)28-16-20(26)14-25-12-13-27-23(15-25)18-8-10-19(24)11-9-18/h4-11,17,20,23,26H,3,12-16H2,1-2H3. The average Bonchev–Trinajstić information content (AvgIpc) is 2.72. The third-order valence-electron chi connectivity index (χ3n) is 5.35. The number of nitrogens with zero attached hydrogens (tertiary/aromatic N) is 1. The van der Waals surface area contributed by atoms with E-state index in [0.717, 1.165) is 29.7 Å². The number of halogens is 1. The Morgan fingerprint density at radius 2 is 1.96 bits per heavy atom. The number of benzene rings is 2. The van der Waals surface area contributed by atoms with Crippen LogP contribution in [0.5, 0.6) is 5.75 Å². The van der Waals surface area contributed by atoms with Crippen molar-refractivity contribution in [3.63, 3.8) is 0 Å². The molecule has 0 spiro atoms. The molecule has 1 aliphatic heterocycles. The molecule has 1 saturated heterocycles. The molecule has 5 heteroatoms. The van der Waals surface area contributed by atoms with Crippen LogP contribution in [0, 0.1) is 0 Å². The molecular formula is C23H30BrNO3. The molecule has 4 nitrogen and oxygen atoms in total. The molecule has 0 aliphatic carbocycles. The second-order valence-corrected chi connectivity index (χ2v) is 8.40. The lowest BCUT2D eigenvalue weighted by atomic mass is 9.98. The summed E-state index contributed by atoms with van der Waals surface area (Å²) in [6, 6.07) is 16.4. The zero-order chi connectivity index (χ0) is 19.9. The molecule has 28 heavy (non-hydrogen) atoms. The van der Waals surface area contributed by atoms with Crippen molar-refractivity contribution >= 4 is 15.9 Å². The fraction of sp³-hybridized carbons (Fsp3) is 0.478. The molecule has 1 N–H and O–H groups in total. The van der Waals surface area contributed by atoms with Crippen LogP contribution in [0.4, 0.5) is 0 Å². The first kappa shape index (κ1) is 21.3. The molecule has 3 rings (SSSR count). The van der Waals surface area contributed by atoms with Gasteiger partial charge in [-0.2, -0.15) is 0 Å². The van der Waals surface area contributed by atoms with E-state index < -0.39 is 6.10 Å². The highest BCUT2D eigenvalue weighted by atomic mass is 79.9. The van der Waals surface area contributed by atoms with Crippen LogP contribution >= 0.6 is 15.9 Å². The maximum atomic E-state index is 10.5. The summed E-state index contributed by atoms with van der Waals surface area (Å²) in [4.78, 5) is 2.25. The number of para-hydroxylation sites is 1. The molecule has 152 valence electrons. The molecular weight excluding hydrogens is 418 g/mol. The van der Waals surface area contributed by atoms with Gasteiger partial charge in [-0.1, -0.05) is 60.1 Å². The van der Waals surface area contributed by atoms with Gasteiger partial charge in [0.05, 0.1) is 12.7 Å². The van der Waals surface area contributed by atoms with Crippen molar-refractivity contribution in [2.75, 3.05) is 32.8 Å². The van der Waals surface area contributed by atoms with Crippen molar-refractivity contribution < 1.29 is 14.6 Å². The van der Waals surface area contributed by atoms with E-state index in [1.165, 1.54) is 11.1 Å². The molecule has 0 radical (unpaired) electrons. The minimum Gasteiger partial charge on any atom is -0.491 e. The quantitative estimate of drug-likeness (QED) is 0.632. The Kier molecular flexibility index (Phi) is 7.91. The number of ether oxygens (including phenoxy) is 2. The summed E-state index contributed by atoms with van der Waals surface area (Å²) >= 11 is 3.47. The Bertz CT molecular complexity index is 737. The average molecular weight is 448 g/mol. The van der Waals surface area contributed by atoms with E-state index in [0.29, 0.717) is 25.7 Å². The summed E-state index contributed by atoms with van der Waals surface area (Å²) in [5.74, 6) is 1.32. The lowest BCUT2D eigenvalue weighted by Gasteiger charge is -2.34. The van der Waals surface area contributed by atoms with Gasteiger partial charge in [0.25, 0.3) is 0 Å². The van der Waals surface area contributed by atoms with E-state index in [2.05, 4.69) is 52.9 Å². The number of hydrogen-bond donors (Lipinski definition) is 1. The van der Waals surface area contributed by atoms with Crippen LogP contribution < -0.4 is 4.74 Å². The molecule has 2 aromatic carbocycles. The Morgan fingerprint density at radius 3 is 2.71 bits per heavy atom. The monoisotopic (exact) mass is 447 g/mol. The highest BCUT2D eigenvalue weighted by Gasteiger charge is 2.24. The summed E-state index contributed by atoms with van der Waals surface area (Å²) in [5.41, 5.74) is 2.37. The SMILES string of the molecule is CCC(C)c1ccccc1OCC(O)CN1CCOC(c2ccc(Br)cc2)C1. The molecule has 0 bridgehead atoms. The first-order valence-electron chi connectivity index (χ1n) is 10.1. The van der Waals surface area contributed by atoms with Crippen molar-refractivity contribution in [3.05, 3.63) is 64.1 Å². The van der Waals surface area contributed by atoms with E-state index in [-0.39, 0.29) is 6.10 Å². The fourth-order valence-corrected chi connectivity index (χ4v) is 3.79. The number of aliphatic hydroxyl groups is 1. The van der Waals surface area contributed by atoms with Crippen molar-refractivity contribution in [3.8, 4) is 5.75 Å². The smallest absolute Gasteiger partial charge is 0.122 e. The van der Waals surface area contributed by atoms with Crippen molar-refractivity contribution in [2.45, 2.75) is 38.4 Å². The zero-order valence-corrected chi connectivity index (χ0v) is 18.3. The maximum absolute atomic E-state index is 10.5. The first-order chi connectivity index (χ1) is 13.6. The highest BCUT2D eigenvalue weighted by molar-refractivity contribution is 9.10. The Morgan fingerprint density at radius 1 is 1.21 bits per heavy atom. The largest absolute Gasteiger partial charge is 0.491 e. The number of hydrogen-bond acceptors (Lipinski definition) is 4. The van der Waals surface area contributed by atoms with Gasteiger partial charge in [0, 0.05) is 24.1 Å². The van der Waals surface area contributed by atoms with Crippen molar-refractivity contribution in [1.82, 2.24) is 4.90 Å². The molecule has 3 atom stereocenters. The van der Waals surface area contributed by atoms with Gasteiger partial charge in [-0.05, 0) is 41.7 Å². The lowest BCUT2D eigenvalue weighted by molar-refractivity contribution is -0.0459. The molecule has 1 fully saturated rings. The molecule has 2 aromatic rings. The number of rotatable bonds is 8. The van der Waals surface area contributed by atoms with Crippen molar-refractivity contribution in [2.24, 2.45) is 0 Å². The Hall–Kier alpha value is -1.40. The molecule has 1 heterocycles. The second-order valence-electron chi connectivity index (χ2n) is 7.48. The highest BCUT2D eigenvalue weighted by Crippen LogP contribution is 2.28. The Balaban J connectivity index is 1.52. The van der Waals surface area contributed by atoms with Gasteiger partial charge < -0.3 is 14.6 Å². The molecule has 0 amide bonds. The predicted molar refractivity (Wildman–Crippen MR) is 116 cm³/mol. The second kappa shape index (κ2) is 10.4. The molecule has 3 unspecified atom stereocenters. The number of morpholine rings is 1. The predicted octanol–water partition coefficient (Wildman–Crippen LogP) is 4.78. The van der Waals surface area contributed by atoms with Crippen LogP contribution in [0.15, 0.2) is 53.0 Å². The zero-order valence-electron chi connectivity index (χ0n) is 16.7. The van der Waals surface area contributed by atoms with Gasteiger partial charge in [-0.25, -0.2) is 0 Å². The fourth-order valence-electron chi connectivity index (χ4n) is 3.52. The first-order valence-corrected chi connectivity index (χ1v) is 10.8. The van der Waals surface area contributed by atoms with Gasteiger partial charge in [-0.3, -0.25) is 4.90 Å². The van der Waals surface area contributed by atoms with Gasteiger partial charge in [0.1, 0.15) is 18.5 Å². The van der Waals surface area contributed by atoms with Crippen LogP contribution in [0.2, 0.25) is 0 Å². The summed E-state index contributed by atoms with van der Waals surface area (Å²) < 4.78 is 13.0. The van der Waals surface area contributed by atoms with Crippen LogP contribution in [-0.2, 0) is 4.74 Å². The van der Waals surface area contributed by atoms with E-state index in [1.54, 1.807) is 0 Å². The lowest BCUT2D eigenvalue weighted by Crippen LogP contribution is -2.43. The normalized spacial score (nSPS) is 19.9. The third-order valence-corrected chi connectivity index (χ3v) is 5.88. The molecule has 0 aromatic heterocycles. The summed E-state index contributed by atoms with van der Waals surface area (Å²) in [6.07, 6.45) is 0.573. The van der Waals surface area contributed by atoms with Crippen LogP contribution in [0.1, 0.15) is 43.4 Å². The van der Waals surface area contributed by atoms with Crippen LogP contribution in [0.3, 0.4) is 0 Å². The minimum atomic E-state index is -0.534. The van der Waals surface area contributed by atoms with E-state index in [1.807, 2.05) is 30.3 Å². The topological polar surface area (TPSA) is 41.9 Å². The molecule has 0 saturated carbocycles. The number of aliphatic hydroxyl groups excluding tert-OH is 1. The van der Waals surface area contributed by atoms with E-state index in [4.69, 9.17) is 9.47 Å². The van der Waals surface area contributed by atoms with E-state index >= 15 is 0 Å². The van der Waals surface area contributed by atoms with Gasteiger partial charge in [-0.15, -0.1) is 0 Å². The summed E-state index contributed by atoms with van der Waals surface area (Å²) in [5, 5.41) is 10.5. The number of β-amino-alcohol motifs (C(OH)–C–C–N with tert-alkyl or cyclic N) is 1. The third kappa shape index (κ3) is 5.80. The Labute approximate surface area is 176 Å². The van der Waals surface area contributed by atoms with Crippen LogP contribution in [-0.4, -0.2) is 49.0 Å². The summed E-state index contributed by atoms with van der Waals surface area (Å²) in [7, 11) is 0. The van der Waals surface area contributed by atoms with Gasteiger partial charge >= 0.3 is 0 Å². The maximum Gasteiger partial charge on any atom is 0.122 e. The van der Waals surface area contributed by atoms with Gasteiger partial charge in [0.2, 0.25) is 0 Å². The summed E-state index contributed by atoms with van der Waals surface area (Å²) in [6.45, 7) is 7.54. The van der Waals surface area contributed by atoms with Gasteiger partial charge in [0.15, 0.2) is 0 Å². The van der Waals surface area contributed by atoms with Crippen LogP contribution in [0.25, 0.3) is 0 Å². The minimum absolute atomic E-state index is 0.0427. The molecule has 1 aliphatic rings. The van der Waals surface area contributed by atoms with E-state index in [9.17, 15) is 5.11 Å².